The number of carbonyl (C=O) groups is 1. The van der Waals surface area contributed by atoms with Crippen LogP contribution in [0.25, 0.3) is 0 Å². The van der Waals surface area contributed by atoms with Crippen LogP contribution in [0.1, 0.15) is 43.0 Å². The third-order valence-corrected chi connectivity index (χ3v) is 3.94. The molecule has 1 amide bonds. The van der Waals surface area contributed by atoms with Gasteiger partial charge in [-0.2, -0.15) is 18.3 Å². The summed E-state index contributed by atoms with van der Waals surface area (Å²) in [6, 6.07) is 1.06. The zero-order valence-electron chi connectivity index (χ0n) is 12.0. The van der Waals surface area contributed by atoms with Crippen molar-refractivity contribution in [1.29, 1.82) is 0 Å². The molecule has 0 spiro atoms. The van der Waals surface area contributed by atoms with E-state index in [4.69, 9.17) is 4.74 Å². The molecular formula is C14H18F3N3O2. The van der Waals surface area contributed by atoms with Crippen molar-refractivity contribution in [2.24, 2.45) is 0 Å². The van der Waals surface area contributed by atoms with Gasteiger partial charge in [0.2, 0.25) is 5.91 Å². The first-order valence-corrected chi connectivity index (χ1v) is 7.47. The van der Waals surface area contributed by atoms with Crippen LogP contribution in [0.5, 0.6) is 0 Å². The van der Waals surface area contributed by atoms with Gasteiger partial charge in [-0.25, -0.2) is 0 Å². The van der Waals surface area contributed by atoms with Gasteiger partial charge in [-0.15, -0.1) is 0 Å². The van der Waals surface area contributed by atoms with E-state index in [-0.39, 0.29) is 24.5 Å². The Morgan fingerprint density at radius 2 is 2.18 bits per heavy atom. The fraction of sp³-hybridized carbons (Fsp3) is 0.714. The van der Waals surface area contributed by atoms with E-state index in [2.05, 4.69) is 10.4 Å². The van der Waals surface area contributed by atoms with Gasteiger partial charge in [0.05, 0.1) is 6.10 Å². The van der Waals surface area contributed by atoms with E-state index < -0.39 is 11.9 Å². The summed E-state index contributed by atoms with van der Waals surface area (Å²) in [7, 11) is 0. The topological polar surface area (TPSA) is 56.2 Å². The lowest BCUT2D eigenvalue weighted by atomic mass is 10.2. The Hall–Kier alpha value is -1.57. The molecule has 8 heteroatoms. The van der Waals surface area contributed by atoms with Crippen molar-refractivity contribution in [3.63, 3.8) is 0 Å². The average Bonchev–Trinajstić information content (AvgIpc) is 2.99. The maximum absolute atomic E-state index is 12.8. The van der Waals surface area contributed by atoms with Crippen molar-refractivity contribution in [1.82, 2.24) is 15.1 Å². The lowest BCUT2D eigenvalue weighted by Crippen LogP contribution is -2.34. The molecule has 1 saturated heterocycles. The third-order valence-electron chi connectivity index (χ3n) is 3.94. The molecule has 2 heterocycles. The zero-order valence-corrected chi connectivity index (χ0v) is 12.0. The highest BCUT2D eigenvalue weighted by atomic mass is 19.4. The number of alkyl halides is 3. The van der Waals surface area contributed by atoms with Gasteiger partial charge in [0, 0.05) is 24.8 Å². The minimum absolute atomic E-state index is 0.00945. The smallest absolute Gasteiger partial charge is 0.376 e. The Labute approximate surface area is 125 Å². The lowest BCUT2D eigenvalue weighted by molar-refractivity contribution is -0.141. The standard InChI is InChI=1S/C14H18F3N3O2/c15-14(16,17)12-6-11(9-3-4-9)20(19-12)8-13(21)18-7-10-2-1-5-22-10/h6,9-10H,1-5,7-8H2,(H,18,21)/t10-/m0/s1. The number of rotatable bonds is 5. The normalized spacial score (nSPS) is 22.0. The minimum atomic E-state index is -4.48. The highest BCUT2D eigenvalue weighted by Gasteiger charge is 2.38. The lowest BCUT2D eigenvalue weighted by Gasteiger charge is -2.11. The molecule has 1 aliphatic heterocycles. The van der Waals surface area contributed by atoms with E-state index in [1.807, 2.05) is 0 Å². The largest absolute Gasteiger partial charge is 0.435 e. The van der Waals surface area contributed by atoms with Crippen LogP contribution in [0.15, 0.2) is 6.07 Å². The van der Waals surface area contributed by atoms with E-state index in [1.165, 1.54) is 4.68 Å². The molecular weight excluding hydrogens is 299 g/mol. The molecule has 1 aromatic heterocycles. The van der Waals surface area contributed by atoms with Gasteiger partial charge in [-0.1, -0.05) is 0 Å². The second-order valence-electron chi connectivity index (χ2n) is 5.82. The maximum Gasteiger partial charge on any atom is 0.435 e. The van der Waals surface area contributed by atoms with Crippen molar-refractivity contribution in [2.75, 3.05) is 13.2 Å². The molecule has 22 heavy (non-hydrogen) atoms. The molecule has 0 aromatic carbocycles. The number of ether oxygens (including phenoxy) is 1. The van der Waals surface area contributed by atoms with Crippen LogP contribution >= 0.6 is 0 Å². The molecule has 0 bridgehead atoms. The van der Waals surface area contributed by atoms with Crippen LogP contribution in [0.3, 0.4) is 0 Å². The molecule has 1 atom stereocenters. The molecule has 0 radical (unpaired) electrons. The van der Waals surface area contributed by atoms with Crippen molar-refractivity contribution < 1.29 is 22.7 Å². The summed E-state index contributed by atoms with van der Waals surface area (Å²) in [4.78, 5) is 11.9. The Bertz CT molecular complexity index is 546. The van der Waals surface area contributed by atoms with Crippen LogP contribution < -0.4 is 5.32 Å². The maximum atomic E-state index is 12.8. The Kier molecular flexibility index (Phi) is 4.12. The summed E-state index contributed by atoms with van der Waals surface area (Å²) in [6.07, 6.45) is -0.909. The number of halogens is 3. The second kappa shape index (κ2) is 5.91. The van der Waals surface area contributed by atoms with Crippen LogP contribution in [0.2, 0.25) is 0 Å². The fourth-order valence-electron chi connectivity index (χ4n) is 2.63. The summed E-state index contributed by atoms with van der Waals surface area (Å²) >= 11 is 0. The van der Waals surface area contributed by atoms with Crippen LogP contribution in [-0.2, 0) is 22.3 Å². The van der Waals surface area contributed by atoms with Crippen molar-refractivity contribution >= 4 is 5.91 Å². The average molecular weight is 317 g/mol. The number of nitrogens with one attached hydrogen (secondary N) is 1. The number of hydrogen-bond acceptors (Lipinski definition) is 3. The van der Waals surface area contributed by atoms with Crippen molar-refractivity contribution in [3.8, 4) is 0 Å². The van der Waals surface area contributed by atoms with Gasteiger partial charge in [0.15, 0.2) is 5.69 Å². The van der Waals surface area contributed by atoms with Crippen LogP contribution in [0.4, 0.5) is 13.2 Å². The summed E-state index contributed by atoms with van der Waals surface area (Å²) in [5.41, 5.74) is -0.430. The zero-order chi connectivity index (χ0) is 15.7. The molecule has 5 nitrogen and oxygen atoms in total. The molecule has 2 fully saturated rings. The van der Waals surface area contributed by atoms with Gasteiger partial charge in [0.1, 0.15) is 6.54 Å². The van der Waals surface area contributed by atoms with Crippen molar-refractivity contribution in [2.45, 2.75) is 50.4 Å². The van der Waals surface area contributed by atoms with Gasteiger partial charge >= 0.3 is 6.18 Å². The van der Waals surface area contributed by atoms with Crippen molar-refractivity contribution in [3.05, 3.63) is 17.5 Å². The predicted octanol–water partition coefficient (Wildman–Crippen LogP) is 2.07. The molecule has 3 rings (SSSR count). The van der Waals surface area contributed by atoms with E-state index in [0.29, 0.717) is 18.8 Å². The quantitative estimate of drug-likeness (QED) is 0.904. The monoisotopic (exact) mass is 317 g/mol. The van der Waals surface area contributed by atoms with E-state index in [1.54, 1.807) is 0 Å². The van der Waals surface area contributed by atoms with Crippen LogP contribution in [0, 0.1) is 0 Å². The summed E-state index contributed by atoms with van der Waals surface area (Å²) in [6.45, 7) is 0.903. The molecule has 0 unspecified atom stereocenters. The number of hydrogen-bond donors (Lipinski definition) is 1. The Balaban J connectivity index is 1.63. The first kappa shape index (κ1) is 15.3. The molecule has 1 saturated carbocycles. The first-order valence-electron chi connectivity index (χ1n) is 7.47. The minimum Gasteiger partial charge on any atom is -0.376 e. The Morgan fingerprint density at radius 1 is 1.41 bits per heavy atom. The molecule has 1 N–H and O–H groups in total. The molecule has 122 valence electrons. The van der Waals surface area contributed by atoms with Gasteiger partial charge in [-0.3, -0.25) is 9.48 Å². The predicted molar refractivity (Wildman–Crippen MR) is 71.2 cm³/mol. The summed E-state index contributed by atoms with van der Waals surface area (Å²) in [5.74, 6) is -0.246. The number of amides is 1. The molecule has 2 aliphatic rings. The molecule has 1 aromatic rings. The second-order valence-corrected chi connectivity index (χ2v) is 5.82. The first-order chi connectivity index (χ1) is 10.4. The van der Waals surface area contributed by atoms with E-state index in [9.17, 15) is 18.0 Å². The highest BCUT2D eigenvalue weighted by Crippen LogP contribution is 2.42. The Morgan fingerprint density at radius 3 is 2.77 bits per heavy atom. The summed E-state index contributed by atoms with van der Waals surface area (Å²) in [5, 5.41) is 6.26. The number of nitrogens with zero attached hydrogens (tertiary/aromatic N) is 2. The van der Waals surface area contributed by atoms with Gasteiger partial charge in [0.25, 0.3) is 0 Å². The van der Waals surface area contributed by atoms with Crippen LogP contribution in [-0.4, -0.2) is 34.9 Å². The van der Waals surface area contributed by atoms with E-state index >= 15 is 0 Å². The SMILES string of the molecule is O=C(Cn1nc(C(F)(F)F)cc1C1CC1)NC[C@@H]1CCCO1. The molecule has 1 aliphatic carbocycles. The van der Waals surface area contributed by atoms with Gasteiger partial charge < -0.3 is 10.1 Å². The van der Waals surface area contributed by atoms with E-state index in [0.717, 1.165) is 31.7 Å². The third kappa shape index (κ3) is 3.60. The number of carbonyl (C=O) groups excluding carboxylic acids is 1. The highest BCUT2D eigenvalue weighted by molar-refractivity contribution is 5.75. The van der Waals surface area contributed by atoms with Gasteiger partial charge in [-0.05, 0) is 31.7 Å². The fourth-order valence-corrected chi connectivity index (χ4v) is 2.63. The number of aromatic nitrogens is 2. The summed E-state index contributed by atoms with van der Waals surface area (Å²) < 4.78 is 44.9.